The van der Waals surface area contributed by atoms with Crippen molar-refractivity contribution in [1.82, 2.24) is 0 Å². The highest BCUT2D eigenvalue weighted by Gasteiger charge is 2.50. The van der Waals surface area contributed by atoms with E-state index >= 15 is 0 Å². The molecule has 1 rings (SSSR count). The first-order valence-corrected chi connectivity index (χ1v) is 6.53. The molecule has 17 heavy (non-hydrogen) atoms. The van der Waals surface area contributed by atoms with E-state index < -0.39 is 12.3 Å². The minimum absolute atomic E-state index is 0.131. The lowest BCUT2D eigenvalue weighted by Gasteiger charge is -2.30. The Morgan fingerprint density at radius 2 is 1.65 bits per heavy atom. The highest BCUT2D eigenvalue weighted by Crippen LogP contribution is 2.39. The molecule has 0 aromatic rings. The zero-order valence-electron chi connectivity index (χ0n) is 12.2. The topological polar surface area (TPSA) is 18.5 Å². The molecule has 0 aromatic carbocycles. The monoisotopic (exact) mass is 246 g/mol. The van der Waals surface area contributed by atoms with Gasteiger partial charge in [0.2, 0.25) is 0 Å². The second kappa shape index (κ2) is 4.85. The van der Waals surface area contributed by atoms with Gasteiger partial charge in [-0.25, -0.2) is 4.39 Å². The van der Waals surface area contributed by atoms with Gasteiger partial charge in [-0.1, -0.05) is 27.7 Å². The zero-order valence-corrected chi connectivity index (χ0v) is 12.2. The lowest BCUT2D eigenvalue weighted by Crippen LogP contribution is -2.41. The molecular weight excluding hydrogens is 219 g/mol. The lowest BCUT2D eigenvalue weighted by atomic mass is 9.85. The summed E-state index contributed by atoms with van der Waals surface area (Å²) in [6.07, 6.45) is -1.20. The third-order valence-corrected chi connectivity index (χ3v) is 3.04. The van der Waals surface area contributed by atoms with Crippen LogP contribution in [0, 0.1) is 5.41 Å². The first-order chi connectivity index (χ1) is 7.56. The van der Waals surface area contributed by atoms with Crippen molar-refractivity contribution < 1.29 is 13.9 Å². The van der Waals surface area contributed by atoms with E-state index in [1.807, 2.05) is 48.5 Å². The highest BCUT2D eigenvalue weighted by molar-refractivity contribution is 4.97. The summed E-state index contributed by atoms with van der Waals surface area (Å²) in [6, 6.07) is 0. The van der Waals surface area contributed by atoms with E-state index in [4.69, 9.17) is 9.47 Å². The van der Waals surface area contributed by atoms with Gasteiger partial charge in [0.15, 0.2) is 6.17 Å². The fourth-order valence-electron chi connectivity index (χ4n) is 2.28. The van der Waals surface area contributed by atoms with E-state index in [1.165, 1.54) is 0 Å². The normalized spacial score (nSPS) is 35.3. The second-order valence-corrected chi connectivity index (χ2v) is 7.01. The minimum Gasteiger partial charge on any atom is -0.368 e. The fraction of sp³-hybridized carbons (Fsp3) is 1.00. The molecule has 0 N–H and O–H groups in total. The van der Waals surface area contributed by atoms with Crippen molar-refractivity contribution in [3.8, 4) is 0 Å². The third kappa shape index (κ3) is 3.65. The van der Waals surface area contributed by atoms with E-state index in [1.54, 1.807) is 0 Å². The molecule has 2 nitrogen and oxygen atoms in total. The predicted molar refractivity (Wildman–Crippen MR) is 67.9 cm³/mol. The summed E-state index contributed by atoms with van der Waals surface area (Å²) in [4.78, 5) is 0. The maximum absolute atomic E-state index is 14.5. The van der Waals surface area contributed by atoms with Crippen molar-refractivity contribution in [3.63, 3.8) is 0 Å². The van der Waals surface area contributed by atoms with Crippen molar-refractivity contribution in [2.24, 2.45) is 5.41 Å². The number of alkyl halides is 1. The molecule has 1 heterocycles. The van der Waals surface area contributed by atoms with E-state index in [0.29, 0.717) is 0 Å². The Balaban J connectivity index is 2.82. The van der Waals surface area contributed by atoms with Crippen LogP contribution in [0.25, 0.3) is 0 Å². The summed E-state index contributed by atoms with van der Waals surface area (Å²) in [5.74, 6) is 0. The smallest absolute Gasteiger partial charge is 0.155 e. The molecule has 0 spiro atoms. The Labute approximate surface area is 105 Å². The molecule has 0 saturated carbocycles. The van der Waals surface area contributed by atoms with Crippen molar-refractivity contribution >= 4 is 0 Å². The molecule has 0 aliphatic carbocycles. The van der Waals surface area contributed by atoms with Crippen LogP contribution in [0.3, 0.4) is 0 Å². The lowest BCUT2D eigenvalue weighted by molar-refractivity contribution is -0.102. The molecule has 0 bridgehead atoms. The molecule has 1 saturated heterocycles. The molecule has 4 atom stereocenters. The van der Waals surface area contributed by atoms with E-state index in [2.05, 4.69) is 0 Å². The van der Waals surface area contributed by atoms with Crippen LogP contribution in [0.4, 0.5) is 4.39 Å². The molecule has 1 unspecified atom stereocenters. The van der Waals surface area contributed by atoms with Gasteiger partial charge < -0.3 is 9.47 Å². The predicted octanol–water partition coefficient (Wildman–Crippen LogP) is 3.73. The largest absolute Gasteiger partial charge is 0.368 e. The van der Waals surface area contributed by atoms with Crippen molar-refractivity contribution in [2.75, 3.05) is 0 Å². The van der Waals surface area contributed by atoms with Crippen LogP contribution in [-0.4, -0.2) is 30.1 Å². The number of hydrogen-bond acceptors (Lipinski definition) is 2. The Hall–Kier alpha value is -0.150. The number of hydrogen-bond donors (Lipinski definition) is 0. The van der Waals surface area contributed by atoms with E-state index in [9.17, 15) is 4.39 Å². The van der Waals surface area contributed by atoms with Crippen LogP contribution < -0.4 is 0 Å². The molecule has 0 aromatic heterocycles. The molecule has 1 aliphatic rings. The standard InChI is InChI=1S/C14H27FO2/c1-8-9-11(17-14(5,6)7)10(15)12(16-9)13(2,3)4/h9-12H,8H2,1-7H3/t9-,10+,11?,12-/m1/s1. The van der Waals surface area contributed by atoms with E-state index in [-0.39, 0.29) is 23.2 Å². The number of rotatable bonds is 2. The average Bonchev–Trinajstić information content (AvgIpc) is 2.41. The Bertz CT molecular complexity index is 252. The van der Waals surface area contributed by atoms with Crippen LogP contribution in [0.1, 0.15) is 54.9 Å². The Morgan fingerprint density at radius 3 is 2.00 bits per heavy atom. The molecule has 1 aliphatic heterocycles. The van der Waals surface area contributed by atoms with Gasteiger partial charge in [0.25, 0.3) is 0 Å². The maximum atomic E-state index is 14.5. The van der Waals surface area contributed by atoms with Gasteiger partial charge >= 0.3 is 0 Å². The Kier molecular flexibility index (Phi) is 4.25. The van der Waals surface area contributed by atoms with Crippen LogP contribution in [0.15, 0.2) is 0 Å². The van der Waals surface area contributed by atoms with Crippen LogP contribution in [-0.2, 0) is 9.47 Å². The quantitative estimate of drug-likeness (QED) is 0.739. The molecule has 0 amide bonds. The van der Waals surface area contributed by atoms with Crippen LogP contribution in [0.5, 0.6) is 0 Å². The fourth-order valence-corrected chi connectivity index (χ4v) is 2.28. The highest BCUT2D eigenvalue weighted by atomic mass is 19.1. The molecule has 1 fully saturated rings. The van der Waals surface area contributed by atoms with E-state index in [0.717, 1.165) is 6.42 Å². The summed E-state index contributed by atoms with van der Waals surface area (Å²) in [5.41, 5.74) is -0.526. The van der Waals surface area contributed by atoms with Gasteiger partial charge in [0.1, 0.15) is 6.10 Å². The third-order valence-electron chi connectivity index (χ3n) is 3.04. The minimum atomic E-state index is -1.04. The first-order valence-electron chi connectivity index (χ1n) is 6.53. The maximum Gasteiger partial charge on any atom is 0.155 e. The van der Waals surface area contributed by atoms with Gasteiger partial charge in [-0.2, -0.15) is 0 Å². The summed E-state index contributed by atoms with van der Waals surface area (Å²) >= 11 is 0. The van der Waals surface area contributed by atoms with Gasteiger partial charge in [-0.15, -0.1) is 0 Å². The first kappa shape index (κ1) is 14.9. The molecule has 102 valence electrons. The summed E-state index contributed by atoms with van der Waals surface area (Å²) in [7, 11) is 0. The van der Waals surface area contributed by atoms with Crippen molar-refractivity contribution in [1.29, 1.82) is 0 Å². The second-order valence-electron chi connectivity index (χ2n) is 7.01. The number of halogens is 1. The average molecular weight is 246 g/mol. The van der Waals surface area contributed by atoms with Gasteiger partial charge in [-0.3, -0.25) is 0 Å². The van der Waals surface area contributed by atoms with Gasteiger partial charge in [-0.05, 0) is 32.6 Å². The number of ether oxygens (including phenoxy) is 2. The van der Waals surface area contributed by atoms with Crippen molar-refractivity contribution in [2.45, 2.75) is 85.0 Å². The SMILES string of the molecule is CC[C@H]1O[C@@H](C(C)(C)C)[C@@H](F)C1OC(C)(C)C. The van der Waals surface area contributed by atoms with Crippen LogP contribution >= 0.6 is 0 Å². The summed E-state index contributed by atoms with van der Waals surface area (Å²) in [5, 5.41) is 0. The summed E-state index contributed by atoms with van der Waals surface area (Å²) < 4.78 is 26.2. The molecule has 3 heteroatoms. The Morgan fingerprint density at radius 1 is 1.12 bits per heavy atom. The molecular formula is C14H27FO2. The van der Waals surface area contributed by atoms with Crippen molar-refractivity contribution in [3.05, 3.63) is 0 Å². The molecule has 0 radical (unpaired) electrons. The zero-order chi connectivity index (χ0) is 13.4. The van der Waals surface area contributed by atoms with Gasteiger partial charge in [0, 0.05) is 0 Å². The van der Waals surface area contributed by atoms with Crippen LogP contribution in [0.2, 0.25) is 0 Å². The summed E-state index contributed by atoms with van der Waals surface area (Å²) in [6.45, 7) is 13.9. The van der Waals surface area contributed by atoms with Gasteiger partial charge in [0.05, 0.1) is 17.8 Å².